The number of thiocarbonyl (C=S) groups is 1. The summed E-state index contributed by atoms with van der Waals surface area (Å²) < 4.78 is 0. The molecule has 0 radical (unpaired) electrons. The fourth-order valence-corrected chi connectivity index (χ4v) is 3.31. The van der Waals surface area contributed by atoms with Gasteiger partial charge in [-0.25, -0.2) is 4.99 Å². The molecule has 4 heteroatoms. The molecule has 0 fully saturated rings. The number of nitrogens with zero attached hydrogens (tertiary/aromatic N) is 2. The first-order chi connectivity index (χ1) is 14.0. The van der Waals surface area contributed by atoms with Gasteiger partial charge in [0.25, 0.3) is 0 Å². The molecule has 0 aliphatic carbocycles. The Morgan fingerprint density at radius 2 is 1.48 bits per heavy atom. The quantitative estimate of drug-likeness (QED) is 0.320. The molecule has 0 aliphatic heterocycles. The maximum atomic E-state index is 5.77. The van der Waals surface area contributed by atoms with E-state index in [4.69, 9.17) is 17.2 Å². The third kappa shape index (κ3) is 6.00. The van der Waals surface area contributed by atoms with Crippen LogP contribution in [0.4, 0.5) is 5.69 Å². The van der Waals surface area contributed by atoms with Gasteiger partial charge in [-0.15, -0.1) is 0 Å². The molecule has 0 spiro atoms. The van der Waals surface area contributed by atoms with Crippen LogP contribution < -0.4 is 5.32 Å². The highest BCUT2D eigenvalue weighted by atomic mass is 32.1. The molecule has 0 heterocycles. The Kier molecular flexibility index (Phi) is 7.14. The lowest BCUT2D eigenvalue weighted by molar-refractivity contribution is 0.345. The van der Waals surface area contributed by atoms with E-state index in [1.807, 2.05) is 36.4 Å². The van der Waals surface area contributed by atoms with Crippen molar-refractivity contribution in [2.45, 2.75) is 33.4 Å². The fourth-order valence-electron chi connectivity index (χ4n) is 2.95. The van der Waals surface area contributed by atoms with Crippen molar-refractivity contribution in [1.29, 1.82) is 0 Å². The van der Waals surface area contributed by atoms with E-state index < -0.39 is 0 Å². The topological polar surface area (TPSA) is 27.6 Å². The van der Waals surface area contributed by atoms with Gasteiger partial charge in [-0.3, -0.25) is 0 Å². The average Bonchev–Trinajstić information content (AvgIpc) is 2.73. The van der Waals surface area contributed by atoms with Crippen molar-refractivity contribution < 1.29 is 0 Å². The predicted molar refractivity (Wildman–Crippen MR) is 127 cm³/mol. The molecule has 0 saturated carbocycles. The van der Waals surface area contributed by atoms with Gasteiger partial charge in [0.2, 0.25) is 0 Å². The molecule has 0 aromatic heterocycles. The van der Waals surface area contributed by atoms with Crippen LogP contribution in [0.3, 0.4) is 0 Å². The third-order valence-electron chi connectivity index (χ3n) is 4.63. The molecule has 0 atom stereocenters. The van der Waals surface area contributed by atoms with Crippen LogP contribution in [0.2, 0.25) is 0 Å². The molecule has 3 nitrogen and oxygen atoms in total. The van der Waals surface area contributed by atoms with Gasteiger partial charge in [-0.2, -0.15) is 0 Å². The van der Waals surface area contributed by atoms with Gasteiger partial charge in [-0.1, -0.05) is 78.4 Å². The molecular weight excluding hydrogens is 374 g/mol. The zero-order chi connectivity index (χ0) is 20.6. The molecule has 29 heavy (non-hydrogen) atoms. The van der Waals surface area contributed by atoms with Crippen LogP contribution in [-0.4, -0.2) is 21.9 Å². The van der Waals surface area contributed by atoms with Crippen molar-refractivity contribution >= 4 is 28.9 Å². The zero-order valence-corrected chi connectivity index (χ0v) is 18.0. The number of amidine groups is 1. The Morgan fingerprint density at radius 1 is 0.897 bits per heavy atom. The first-order valence-corrected chi connectivity index (χ1v) is 10.3. The second-order valence-electron chi connectivity index (χ2n) is 7.31. The van der Waals surface area contributed by atoms with E-state index in [0.29, 0.717) is 5.11 Å². The molecule has 0 unspecified atom stereocenters. The van der Waals surface area contributed by atoms with Gasteiger partial charge in [0.05, 0.1) is 0 Å². The van der Waals surface area contributed by atoms with Gasteiger partial charge in [-0.05, 0) is 50.7 Å². The number of para-hydroxylation sites is 1. The van der Waals surface area contributed by atoms with Crippen LogP contribution in [0.5, 0.6) is 0 Å². The summed E-state index contributed by atoms with van der Waals surface area (Å²) in [7, 11) is 0. The van der Waals surface area contributed by atoms with E-state index in [9.17, 15) is 0 Å². The molecule has 0 bridgehead atoms. The number of anilines is 1. The van der Waals surface area contributed by atoms with Crippen LogP contribution in [0, 0.1) is 6.92 Å². The lowest BCUT2D eigenvalue weighted by Crippen LogP contribution is -2.35. The SMILES string of the molecule is Cc1ccc(C(=NC(=S)N(Cc2ccccc2)C(C)C)Nc2ccccc2)cc1. The summed E-state index contributed by atoms with van der Waals surface area (Å²) in [6.45, 7) is 7.09. The number of aryl methyl sites for hydroxylation is 1. The van der Waals surface area contributed by atoms with Crippen molar-refractivity contribution in [3.8, 4) is 0 Å². The minimum Gasteiger partial charge on any atom is -0.341 e. The molecule has 148 valence electrons. The molecule has 0 aliphatic rings. The lowest BCUT2D eigenvalue weighted by atomic mass is 10.1. The van der Waals surface area contributed by atoms with Gasteiger partial charge in [0.15, 0.2) is 5.11 Å². The van der Waals surface area contributed by atoms with Crippen LogP contribution in [0.1, 0.15) is 30.5 Å². The number of hydrogen-bond acceptors (Lipinski definition) is 1. The van der Waals surface area contributed by atoms with Crippen LogP contribution >= 0.6 is 12.2 Å². The summed E-state index contributed by atoms with van der Waals surface area (Å²) >= 11 is 5.77. The third-order valence-corrected chi connectivity index (χ3v) is 4.96. The zero-order valence-electron chi connectivity index (χ0n) is 17.2. The van der Waals surface area contributed by atoms with Gasteiger partial charge in [0, 0.05) is 23.8 Å². The number of hydrogen-bond donors (Lipinski definition) is 1. The van der Waals surface area contributed by atoms with E-state index in [1.165, 1.54) is 11.1 Å². The molecular formula is C25H27N3S. The van der Waals surface area contributed by atoms with Crippen molar-refractivity contribution in [3.05, 3.63) is 102 Å². The molecule has 0 amide bonds. The molecule has 1 N–H and O–H groups in total. The maximum Gasteiger partial charge on any atom is 0.197 e. The van der Waals surface area contributed by atoms with Gasteiger partial charge in [0.1, 0.15) is 5.84 Å². The second-order valence-corrected chi connectivity index (χ2v) is 7.67. The number of rotatable bonds is 5. The van der Waals surface area contributed by atoms with Crippen LogP contribution in [0.25, 0.3) is 0 Å². The first kappa shape index (κ1) is 20.7. The normalized spacial score (nSPS) is 11.4. The smallest absolute Gasteiger partial charge is 0.197 e. The summed E-state index contributed by atoms with van der Waals surface area (Å²) in [6, 6.07) is 29.0. The maximum absolute atomic E-state index is 5.77. The van der Waals surface area contributed by atoms with Crippen LogP contribution in [0.15, 0.2) is 89.9 Å². The Hall–Kier alpha value is -2.98. The van der Waals surface area contributed by atoms with Crippen molar-refractivity contribution in [2.75, 3.05) is 5.32 Å². The largest absolute Gasteiger partial charge is 0.341 e. The van der Waals surface area contributed by atoms with Crippen molar-refractivity contribution in [1.82, 2.24) is 4.90 Å². The Balaban J connectivity index is 1.91. The average molecular weight is 402 g/mol. The van der Waals surface area contributed by atoms with E-state index in [1.54, 1.807) is 0 Å². The van der Waals surface area contributed by atoms with E-state index in [0.717, 1.165) is 23.6 Å². The Bertz CT molecular complexity index is 948. The standard InChI is InChI=1S/C25H27N3S/c1-19(2)28(18-21-10-6-4-7-11-21)25(29)27-24(22-16-14-20(3)15-17-22)26-23-12-8-5-9-13-23/h4-17,19H,18H2,1-3H3,(H,26,27,29). The molecule has 0 saturated heterocycles. The summed E-state index contributed by atoms with van der Waals surface area (Å²) in [5.74, 6) is 0.750. The second kappa shape index (κ2) is 9.99. The minimum absolute atomic E-state index is 0.238. The Labute approximate surface area is 179 Å². The molecule has 3 aromatic carbocycles. The van der Waals surface area contributed by atoms with Gasteiger partial charge < -0.3 is 10.2 Å². The summed E-state index contributed by atoms with van der Waals surface area (Å²) in [6.07, 6.45) is 0. The highest BCUT2D eigenvalue weighted by Gasteiger charge is 2.15. The highest BCUT2D eigenvalue weighted by molar-refractivity contribution is 7.80. The fraction of sp³-hybridized carbons (Fsp3) is 0.200. The van der Waals surface area contributed by atoms with Crippen molar-refractivity contribution in [3.63, 3.8) is 0 Å². The van der Waals surface area contributed by atoms with E-state index >= 15 is 0 Å². The minimum atomic E-state index is 0.238. The van der Waals surface area contributed by atoms with Crippen molar-refractivity contribution in [2.24, 2.45) is 4.99 Å². The number of aliphatic imine (C=N–C) groups is 1. The lowest BCUT2D eigenvalue weighted by Gasteiger charge is -2.27. The molecule has 3 rings (SSSR count). The molecule has 3 aromatic rings. The number of nitrogens with one attached hydrogen (secondary N) is 1. The summed E-state index contributed by atoms with van der Waals surface area (Å²) in [5, 5.41) is 4.01. The number of benzene rings is 3. The Morgan fingerprint density at radius 3 is 2.07 bits per heavy atom. The van der Waals surface area contributed by atoms with E-state index in [-0.39, 0.29) is 6.04 Å². The van der Waals surface area contributed by atoms with E-state index in [2.05, 4.69) is 79.5 Å². The van der Waals surface area contributed by atoms with Crippen LogP contribution in [-0.2, 0) is 6.54 Å². The summed E-state index contributed by atoms with van der Waals surface area (Å²) in [5.41, 5.74) is 4.41. The highest BCUT2D eigenvalue weighted by Crippen LogP contribution is 2.14. The monoisotopic (exact) mass is 401 g/mol. The first-order valence-electron chi connectivity index (χ1n) is 9.85. The van der Waals surface area contributed by atoms with Gasteiger partial charge >= 0.3 is 0 Å². The summed E-state index contributed by atoms with van der Waals surface area (Å²) in [4.78, 5) is 7.00. The predicted octanol–water partition coefficient (Wildman–Crippen LogP) is 6.05.